The van der Waals surface area contributed by atoms with Crippen molar-refractivity contribution in [1.82, 2.24) is 4.98 Å². The van der Waals surface area contributed by atoms with E-state index in [2.05, 4.69) is 40.8 Å². The summed E-state index contributed by atoms with van der Waals surface area (Å²) in [6.45, 7) is 2.18. The number of anilines is 1. The van der Waals surface area contributed by atoms with Gasteiger partial charge in [-0.1, -0.05) is 19.1 Å². The van der Waals surface area contributed by atoms with Crippen molar-refractivity contribution in [3.63, 3.8) is 0 Å². The Hall–Kier alpha value is -2.07. The fraction of sp³-hybridized carbons (Fsp3) is 0.235. The molecule has 1 unspecified atom stereocenters. The lowest BCUT2D eigenvalue weighted by atomic mass is 10.1. The normalized spacial score (nSPS) is 12.3. The number of pyridine rings is 1. The average Bonchev–Trinajstić information content (AvgIpc) is 3.06. The van der Waals surface area contributed by atoms with Gasteiger partial charge in [-0.3, -0.25) is 0 Å². The van der Waals surface area contributed by atoms with Gasteiger partial charge in [0.1, 0.15) is 11.6 Å². The third-order valence-corrected chi connectivity index (χ3v) is 4.57. The Bertz CT molecular complexity index is 725. The maximum atomic E-state index is 5.33. The van der Waals surface area contributed by atoms with Crippen molar-refractivity contribution in [2.24, 2.45) is 0 Å². The van der Waals surface area contributed by atoms with Crippen molar-refractivity contribution >= 4 is 27.9 Å². The number of nitrogens with zero attached hydrogens (tertiary/aromatic N) is 1. The van der Waals surface area contributed by atoms with E-state index in [1.807, 2.05) is 24.4 Å². The molecular weight excluding hydrogens is 280 g/mol. The summed E-state index contributed by atoms with van der Waals surface area (Å²) >= 11 is 1.77. The third-order valence-electron chi connectivity index (χ3n) is 3.58. The molecule has 0 saturated heterocycles. The highest BCUT2D eigenvalue weighted by Gasteiger charge is 2.12. The van der Waals surface area contributed by atoms with Crippen LogP contribution in [0.25, 0.3) is 10.8 Å². The third kappa shape index (κ3) is 2.85. The van der Waals surface area contributed by atoms with Crippen molar-refractivity contribution in [2.45, 2.75) is 19.4 Å². The van der Waals surface area contributed by atoms with Crippen LogP contribution in [-0.2, 0) is 0 Å². The molecule has 2 aromatic heterocycles. The smallest absolute Gasteiger partial charge is 0.134 e. The van der Waals surface area contributed by atoms with Crippen molar-refractivity contribution in [1.29, 1.82) is 0 Å². The summed E-state index contributed by atoms with van der Waals surface area (Å²) in [4.78, 5) is 5.85. The van der Waals surface area contributed by atoms with Gasteiger partial charge in [-0.25, -0.2) is 4.98 Å². The second-order valence-corrected chi connectivity index (χ2v) is 5.85. The lowest BCUT2D eigenvalue weighted by Crippen LogP contribution is -2.09. The molecule has 3 nitrogen and oxygen atoms in total. The standard InChI is InChI=1S/C17H18N2OS/c1-3-15(16-5-4-10-21-16)19-17-14-11-13(20-2)7-6-12(14)8-9-18-17/h4-11,15H,3H2,1-2H3,(H,18,19). The van der Waals surface area contributed by atoms with Crippen molar-refractivity contribution in [2.75, 3.05) is 12.4 Å². The van der Waals surface area contributed by atoms with E-state index in [9.17, 15) is 0 Å². The van der Waals surface area contributed by atoms with Gasteiger partial charge >= 0.3 is 0 Å². The molecule has 21 heavy (non-hydrogen) atoms. The minimum atomic E-state index is 0.286. The fourth-order valence-corrected chi connectivity index (χ4v) is 3.28. The largest absolute Gasteiger partial charge is 0.497 e. The highest BCUT2D eigenvalue weighted by atomic mass is 32.1. The quantitative estimate of drug-likeness (QED) is 0.730. The summed E-state index contributed by atoms with van der Waals surface area (Å²) in [7, 11) is 1.69. The first-order valence-electron chi connectivity index (χ1n) is 7.04. The summed E-state index contributed by atoms with van der Waals surface area (Å²) in [6, 6.07) is 12.6. The van der Waals surface area contributed by atoms with E-state index in [0.717, 1.165) is 28.8 Å². The van der Waals surface area contributed by atoms with Crippen LogP contribution in [0.4, 0.5) is 5.82 Å². The Morgan fingerprint density at radius 3 is 2.90 bits per heavy atom. The predicted molar refractivity (Wildman–Crippen MR) is 89.3 cm³/mol. The first-order valence-corrected chi connectivity index (χ1v) is 7.92. The van der Waals surface area contributed by atoms with Crippen LogP contribution in [0.3, 0.4) is 0 Å². The molecule has 0 saturated carbocycles. The van der Waals surface area contributed by atoms with Gasteiger partial charge in [-0.15, -0.1) is 11.3 Å². The van der Waals surface area contributed by atoms with Crippen LogP contribution in [0.2, 0.25) is 0 Å². The lowest BCUT2D eigenvalue weighted by molar-refractivity contribution is 0.415. The van der Waals surface area contributed by atoms with Gasteiger partial charge in [-0.05, 0) is 41.5 Å². The number of thiophene rings is 1. The average molecular weight is 298 g/mol. The van der Waals surface area contributed by atoms with E-state index in [4.69, 9.17) is 4.74 Å². The van der Waals surface area contributed by atoms with Crippen molar-refractivity contribution < 1.29 is 4.74 Å². The monoisotopic (exact) mass is 298 g/mol. The Morgan fingerprint density at radius 2 is 2.19 bits per heavy atom. The Kier molecular flexibility index (Phi) is 4.06. The first kappa shape index (κ1) is 13.9. The summed E-state index contributed by atoms with van der Waals surface area (Å²) in [6.07, 6.45) is 2.86. The van der Waals surface area contributed by atoms with Gasteiger partial charge in [0, 0.05) is 16.5 Å². The zero-order valence-electron chi connectivity index (χ0n) is 12.2. The molecule has 0 fully saturated rings. The molecule has 3 rings (SSSR count). The molecule has 1 atom stereocenters. The molecule has 2 heterocycles. The summed E-state index contributed by atoms with van der Waals surface area (Å²) in [5.74, 6) is 1.76. The lowest BCUT2D eigenvalue weighted by Gasteiger charge is -2.17. The fourth-order valence-electron chi connectivity index (χ4n) is 2.42. The molecule has 0 aliphatic heterocycles. The number of aromatic nitrogens is 1. The molecule has 0 amide bonds. The van der Waals surface area contributed by atoms with Gasteiger partial charge in [-0.2, -0.15) is 0 Å². The van der Waals surface area contributed by atoms with Crippen LogP contribution in [0.1, 0.15) is 24.3 Å². The number of nitrogens with one attached hydrogen (secondary N) is 1. The number of hydrogen-bond donors (Lipinski definition) is 1. The molecule has 0 radical (unpaired) electrons. The topological polar surface area (TPSA) is 34.2 Å². The molecule has 3 aromatic rings. The van der Waals surface area contributed by atoms with Crippen LogP contribution >= 0.6 is 11.3 Å². The molecule has 1 aromatic carbocycles. The van der Waals surface area contributed by atoms with Gasteiger partial charge in [0.15, 0.2) is 0 Å². The molecule has 1 N–H and O–H groups in total. The zero-order chi connectivity index (χ0) is 14.7. The number of methoxy groups -OCH3 is 1. The highest BCUT2D eigenvalue weighted by Crippen LogP contribution is 2.30. The summed E-state index contributed by atoms with van der Waals surface area (Å²) < 4.78 is 5.33. The number of hydrogen-bond acceptors (Lipinski definition) is 4. The minimum absolute atomic E-state index is 0.286. The van der Waals surface area contributed by atoms with Crippen molar-refractivity contribution in [3.05, 3.63) is 52.9 Å². The number of fused-ring (bicyclic) bond motifs is 1. The number of rotatable bonds is 5. The molecule has 0 aliphatic carbocycles. The number of ether oxygens (including phenoxy) is 1. The van der Waals surface area contributed by atoms with Crippen LogP contribution < -0.4 is 10.1 Å². The number of benzene rings is 1. The zero-order valence-corrected chi connectivity index (χ0v) is 13.0. The van der Waals surface area contributed by atoms with Gasteiger partial charge in [0.2, 0.25) is 0 Å². The van der Waals surface area contributed by atoms with E-state index in [1.54, 1.807) is 18.4 Å². The molecule has 4 heteroatoms. The SMILES string of the molecule is CCC(Nc1nccc2ccc(OC)cc12)c1cccs1. The van der Waals surface area contributed by atoms with Crippen LogP contribution in [-0.4, -0.2) is 12.1 Å². The van der Waals surface area contributed by atoms with Crippen LogP contribution in [0.5, 0.6) is 5.75 Å². The molecule has 0 aliphatic rings. The molecule has 108 valence electrons. The van der Waals surface area contributed by atoms with Crippen molar-refractivity contribution in [3.8, 4) is 5.75 Å². The Labute approximate surface area is 128 Å². The summed E-state index contributed by atoms with van der Waals surface area (Å²) in [5, 5.41) is 7.93. The van der Waals surface area contributed by atoms with E-state index in [-0.39, 0.29) is 6.04 Å². The Balaban J connectivity index is 1.99. The second-order valence-electron chi connectivity index (χ2n) is 4.87. The van der Waals surface area contributed by atoms with Crippen LogP contribution in [0, 0.1) is 0 Å². The molecule has 0 bridgehead atoms. The van der Waals surface area contributed by atoms with E-state index >= 15 is 0 Å². The first-order chi connectivity index (χ1) is 10.3. The predicted octanol–water partition coefficient (Wildman–Crippen LogP) is 4.87. The van der Waals surface area contributed by atoms with E-state index in [0.29, 0.717) is 0 Å². The van der Waals surface area contributed by atoms with Gasteiger partial charge in [0.25, 0.3) is 0 Å². The Morgan fingerprint density at radius 1 is 1.29 bits per heavy atom. The second kappa shape index (κ2) is 6.14. The van der Waals surface area contributed by atoms with Crippen LogP contribution in [0.15, 0.2) is 48.0 Å². The summed E-state index contributed by atoms with van der Waals surface area (Å²) in [5.41, 5.74) is 0. The van der Waals surface area contributed by atoms with E-state index in [1.165, 1.54) is 4.88 Å². The minimum Gasteiger partial charge on any atom is -0.497 e. The molecular formula is C17H18N2OS. The maximum Gasteiger partial charge on any atom is 0.134 e. The molecule has 0 spiro atoms. The maximum absolute atomic E-state index is 5.33. The van der Waals surface area contributed by atoms with E-state index < -0.39 is 0 Å². The highest BCUT2D eigenvalue weighted by molar-refractivity contribution is 7.10. The van der Waals surface area contributed by atoms with Gasteiger partial charge < -0.3 is 10.1 Å². The van der Waals surface area contributed by atoms with Gasteiger partial charge in [0.05, 0.1) is 13.2 Å².